The molecule has 0 atom stereocenters. The Morgan fingerprint density at radius 2 is 2.15 bits per heavy atom. The number of aromatic nitrogens is 2. The summed E-state index contributed by atoms with van der Waals surface area (Å²) in [5.74, 6) is 0. The third-order valence-corrected chi connectivity index (χ3v) is 3.42. The lowest BCUT2D eigenvalue weighted by Crippen LogP contribution is -2.05. The van der Waals surface area contributed by atoms with Gasteiger partial charge in [-0.1, -0.05) is 13.0 Å². The van der Waals surface area contributed by atoms with Crippen LogP contribution in [0.4, 0.5) is 0 Å². The summed E-state index contributed by atoms with van der Waals surface area (Å²) in [6.45, 7) is 6.67. The SMILES string of the molecule is CCCOCn1nc(C)c2cc(C3OCCO3)ccc21. The highest BCUT2D eigenvalue weighted by Gasteiger charge is 2.19. The molecule has 0 aliphatic carbocycles. The minimum Gasteiger partial charge on any atom is -0.359 e. The van der Waals surface area contributed by atoms with Crippen LogP contribution >= 0.6 is 0 Å². The van der Waals surface area contributed by atoms with E-state index in [1.54, 1.807) is 0 Å². The fourth-order valence-corrected chi connectivity index (χ4v) is 2.45. The van der Waals surface area contributed by atoms with Gasteiger partial charge in [-0.05, 0) is 25.5 Å². The molecule has 2 aromatic rings. The van der Waals surface area contributed by atoms with E-state index in [1.165, 1.54) is 0 Å². The van der Waals surface area contributed by atoms with E-state index in [4.69, 9.17) is 14.2 Å². The summed E-state index contributed by atoms with van der Waals surface area (Å²) in [7, 11) is 0. The number of fused-ring (bicyclic) bond motifs is 1. The Kier molecular flexibility index (Phi) is 4.00. The molecule has 1 aliphatic rings. The molecule has 0 N–H and O–H groups in total. The largest absolute Gasteiger partial charge is 0.359 e. The van der Waals surface area contributed by atoms with Crippen LogP contribution < -0.4 is 0 Å². The number of rotatable bonds is 5. The molecule has 1 aromatic heterocycles. The predicted octanol–water partition coefficient (Wildman–Crippen LogP) is 2.77. The number of hydrogen-bond donors (Lipinski definition) is 0. The molecule has 2 heterocycles. The van der Waals surface area contributed by atoms with Crippen molar-refractivity contribution in [1.29, 1.82) is 0 Å². The van der Waals surface area contributed by atoms with Gasteiger partial charge in [0.25, 0.3) is 0 Å². The zero-order valence-corrected chi connectivity index (χ0v) is 12.0. The van der Waals surface area contributed by atoms with Crippen molar-refractivity contribution in [2.45, 2.75) is 33.3 Å². The normalized spacial score (nSPS) is 16.3. The van der Waals surface area contributed by atoms with E-state index in [0.717, 1.165) is 35.2 Å². The Labute approximate surface area is 118 Å². The zero-order chi connectivity index (χ0) is 13.9. The second-order valence-electron chi connectivity index (χ2n) is 4.97. The number of ether oxygens (including phenoxy) is 3. The van der Waals surface area contributed by atoms with Crippen molar-refractivity contribution in [2.24, 2.45) is 0 Å². The van der Waals surface area contributed by atoms with E-state index in [1.807, 2.05) is 17.7 Å². The first-order valence-electron chi connectivity index (χ1n) is 7.07. The smallest absolute Gasteiger partial charge is 0.184 e. The summed E-state index contributed by atoms with van der Waals surface area (Å²) < 4.78 is 18.6. The Morgan fingerprint density at radius 3 is 2.90 bits per heavy atom. The van der Waals surface area contributed by atoms with Gasteiger partial charge in [-0.3, -0.25) is 0 Å². The second-order valence-corrected chi connectivity index (χ2v) is 4.97. The standard InChI is InChI=1S/C15H20N2O3/c1-3-6-18-10-17-14-5-4-12(15-19-7-8-20-15)9-13(14)11(2)16-17/h4-5,9,15H,3,6-8,10H2,1-2H3. The first-order chi connectivity index (χ1) is 9.79. The maximum atomic E-state index is 5.57. The van der Waals surface area contributed by atoms with E-state index >= 15 is 0 Å². The molecule has 1 fully saturated rings. The minimum absolute atomic E-state index is 0.238. The third-order valence-electron chi connectivity index (χ3n) is 3.42. The predicted molar refractivity (Wildman–Crippen MR) is 75.4 cm³/mol. The van der Waals surface area contributed by atoms with Gasteiger partial charge in [0.1, 0.15) is 6.73 Å². The Bertz CT molecular complexity index is 588. The lowest BCUT2D eigenvalue weighted by Gasteiger charge is -2.09. The van der Waals surface area contributed by atoms with E-state index in [0.29, 0.717) is 19.9 Å². The molecule has 0 unspecified atom stereocenters. The van der Waals surface area contributed by atoms with Gasteiger partial charge in [-0.2, -0.15) is 5.10 Å². The van der Waals surface area contributed by atoms with Gasteiger partial charge in [0.15, 0.2) is 6.29 Å². The summed E-state index contributed by atoms with van der Waals surface area (Å²) in [4.78, 5) is 0. The van der Waals surface area contributed by atoms with Crippen LogP contribution in [-0.2, 0) is 20.9 Å². The number of hydrogen-bond acceptors (Lipinski definition) is 4. The van der Waals surface area contributed by atoms with Crippen LogP contribution in [0, 0.1) is 6.92 Å². The Hall–Kier alpha value is -1.43. The van der Waals surface area contributed by atoms with Crippen molar-refractivity contribution in [2.75, 3.05) is 19.8 Å². The van der Waals surface area contributed by atoms with Crippen LogP contribution in [0.3, 0.4) is 0 Å². The van der Waals surface area contributed by atoms with Gasteiger partial charge in [0, 0.05) is 17.6 Å². The van der Waals surface area contributed by atoms with Crippen LogP contribution in [0.15, 0.2) is 18.2 Å². The van der Waals surface area contributed by atoms with Crippen molar-refractivity contribution in [1.82, 2.24) is 9.78 Å². The van der Waals surface area contributed by atoms with Gasteiger partial charge in [0.2, 0.25) is 0 Å². The lowest BCUT2D eigenvalue weighted by molar-refractivity contribution is -0.0440. The minimum atomic E-state index is -0.238. The van der Waals surface area contributed by atoms with E-state index in [2.05, 4.69) is 24.2 Å². The van der Waals surface area contributed by atoms with Crippen molar-refractivity contribution < 1.29 is 14.2 Å². The molecular weight excluding hydrogens is 256 g/mol. The molecular formula is C15H20N2O3. The molecule has 5 heteroatoms. The number of aryl methyl sites for hydroxylation is 1. The van der Waals surface area contributed by atoms with Crippen LogP contribution in [-0.4, -0.2) is 29.6 Å². The molecule has 0 spiro atoms. The van der Waals surface area contributed by atoms with Gasteiger partial charge < -0.3 is 14.2 Å². The van der Waals surface area contributed by atoms with Crippen LogP contribution in [0.25, 0.3) is 10.9 Å². The van der Waals surface area contributed by atoms with Crippen molar-refractivity contribution in [3.8, 4) is 0 Å². The molecule has 108 valence electrons. The average molecular weight is 276 g/mol. The van der Waals surface area contributed by atoms with Crippen LogP contribution in [0.1, 0.15) is 30.9 Å². The van der Waals surface area contributed by atoms with Gasteiger partial charge >= 0.3 is 0 Å². The first kappa shape index (κ1) is 13.5. The average Bonchev–Trinajstić information content (AvgIpc) is 3.08. The van der Waals surface area contributed by atoms with Crippen molar-refractivity contribution >= 4 is 10.9 Å². The molecule has 20 heavy (non-hydrogen) atoms. The van der Waals surface area contributed by atoms with Gasteiger partial charge in [0.05, 0.1) is 24.4 Å². The Balaban J connectivity index is 1.88. The molecule has 5 nitrogen and oxygen atoms in total. The summed E-state index contributed by atoms with van der Waals surface area (Å²) in [6.07, 6.45) is 0.775. The quantitative estimate of drug-likeness (QED) is 0.788. The number of benzene rings is 1. The van der Waals surface area contributed by atoms with Crippen LogP contribution in [0.5, 0.6) is 0 Å². The maximum Gasteiger partial charge on any atom is 0.184 e. The molecule has 1 saturated heterocycles. The second kappa shape index (κ2) is 5.91. The molecule has 0 bridgehead atoms. The van der Waals surface area contributed by atoms with Gasteiger partial charge in [-0.25, -0.2) is 4.68 Å². The summed E-state index contributed by atoms with van der Waals surface area (Å²) in [5, 5.41) is 5.67. The molecule has 1 aromatic carbocycles. The van der Waals surface area contributed by atoms with Gasteiger partial charge in [-0.15, -0.1) is 0 Å². The third kappa shape index (κ3) is 2.57. The highest BCUT2D eigenvalue weighted by atomic mass is 16.7. The summed E-state index contributed by atoms with van der Waals surface area (Å²) >= 11 is 0. The fourth-order valence-electron chi connectivity index (χ4n) is 2.45. The molecule has 1 aliphatic heterocycles. The molecule has 3 rings (SSSR count). The lowest BCUT2D eigenvalue weighted by atomic mass is 10.1. The summed E-state index contributed by atoms with van der Waals surface area (Å²) in [5.41, 5.74) is 3.13. The Morgan fingerprint density at radius 1 is 1.35 bits per heavy atom. The van der Waals surface area contributed by atoms with E-state index in [-0.39, 0.29) is 6.29 Å². The summed E-state index contributed by atoms with van der Waals surface area (Å²) in [6, 6.07) is 6.20. The highest BCUT2D eigenvalue weighted by molar-refractivity contribution is 5.82. The van der Waals surface area contributed by atoms with E-state index < -0.39 is 0 Å². The van der Waals surface area contributed by atoms with E-state index in [9.17, 15) is 0 Å². The first-order valence-corrected chi connectivity index (χ1v) is 7.07. The monoisotopic (exact) mass is 276 g/mol. The van der Waals surface area contributed by atoms with Crippen molar-refractivity contribution in [3.63, 3.8) is 0 Å². The van der Waals surface area contributed by atoms with Crippen molar-refractivity contribution in [3.05, 3.63) is 29.5 Å². The topological polar surface area (TPSA) is 45.5 Å². The molecule has 0 amide bonds. The fraction of sp³-hybridized carbons (Fsp3) is 0.533. The zero-order valence-electron chi connectivity index (χ0n) is 12.0. The molecule has 0 saturated carbocycles. The van der Waals surface area contributed by atoms with Crippen LogP contribution in [0.2, 0.25) is 0 Å². The number of nitrogens with zero attached hydrogens (tertiary/aromatic N) is 2. The maximum absolute atomic E-state index is 5.57. The molecule has 0 radical (unpaired) electrons. The highest BCUT2D eigenvalue weighted by Crippen LogP contribution is 2.27.